The van der Waals surface area contributed by atoms with Gasteiger partial charge in [0.2, 0.25) is 0 Å². The lowest BCUT2D eigenvalue weighted by Crippen LogP contribution is -2.43. The summed E-state index contributed by atoms with van der Waals surface area (Å²) in [5.41, 5.74) is 7.09. The van der Waals surface area contributed by atoms with Gasteiger partial charge in [-0.25, -0.2) is 0 Å². The van der Waals surface area contributed by atoms with Crippen LogP contribution in [0.5, 0.6) is 5.75 Å². The monoisotopic (exact) mass is 338 g/mol. The number of fused-ring (bicyclic) bond motifs is 1. The van der Waals surface area contributed by atoms with Crippen LogP contribution in [0.1, 0.15) is 21.7 Å². The van der Waals surface area contributed by atoms with Crippen molar-refractivity contribution < 1.29 is 18.7 Å². The lowest BCUT2D eigenvalue weighted by molar-refractivity contribution is -0.123. The molecule has 6 nitrogen and oxygen atoms in total. The maximum atomic E-state index is 12.2. The van der Waals surface area contributed by atoms with Crippen molar-refractivity contribution >= 4 is 22.8 Å². The Balaban J connectivity index is 1.55. The number of hydrogen-bond acceptors (Lipinski definition) is 4. The number of benzene rings is 2. The Kier molecular flexibility index (Phi) is 4.70. The van der Waals surface area contributed by atoms with E-state index in [-0.39, 0.29) is 12.4 Å². The van der Waals surface area contributed by atoms with Crippen LogP contribution in [0.3, 0.4) is 0 Å². The summed E-state index contributed by atoms with van der Waals surface area (Å²) in [5.74, 6) is -0.235. The molecule has 2 amide bonds. The van der Waals surface area contributed by atoms with Crippen LogP contribution in [0.25, 0.3) is 11.0 Å². The SMILES string of the molecule is Cc1ccc(OCC(=O)NNC(=O)c2oc3ccccc3c2C)cc1. The standard InChI is InChI=1S/C19H18N2O4/c1-12-7-9-14(10-8-12)24-11-17(22)20-21-19(23)18-13(2)15-5-3-4-6-16(15)25-18/h3-10H,11H2,1-2H3,(H,20,22)(H,21,23). The van der Waals surface area contributed by atoms with Crippen LogP contribution in [0.2, 0.25) is 0 Å². The molecule has 2 aromatic carbocycles. The maximum absolute atomic E-state index is 12.2. The first-order chi connectivity index (χ1) is 12.0. The average molecular weight is 338 g/mol. The molecule has 1 aromatic heterocycles. The van der Waals surface area contributed by atoms with Crippen LogP contribution in [0, 0.1) is 13.8 Å². The topological polar surface area (TPSA) is 80.6 Å². The van der Waals surface area contributed by atoms with E-state index in [4.69, 9.17) is 9.15 Å². The minimum Gasteiger partial charge on any atom is -0.484 e. The fourth-order valence-electron chi connectivity index (χ4n) is 2.39. The molecule has 3 aromatic rings. The van der Waals surface area contributed by atoms with Crippen LogP contribution in [0.4, 0.5) is 0 Å². The van der Waals surface area contributed by atoms with E-state index in [0.717, 1.165) is 16.5 Å². The summed E-state index contributed by atoms with van der Waals surface area (Å²) < 4.78 is 10.9. The third kappa shape index (κ3) is 3.80. The van der Waals surface area contributed by atoms with E-state index < -0.39 is 11.8 Å². The summed E-state index contributed by atoms with van der Waals surface area (Å²) in [6.45, 7) is 3.55. The van der Waals surface area contributed by atoms with Crippen molar-refractivity contribution in [3.05, 3.63) is 65.4 Å². The highest BCUT2D eigenvalue weighted by Crippen LogP contribution is 2.24. The molecule has 0 atom stereocenters. The number of rotatable bonds is 4. The van der Waals surface area contributed by atoms with Gasteiger partial charge in [-0.15, -0.1) is 0 Å². The van der Waals surface area contributed by atoms with Crippen molar-refractivity contribution in [2.75, 3.05) is 6.61 Å². The van der Waals surface area contributed by atoms with Crippen molar-refractivity contribution in [3.8, 4) is 5.75 Å². The van der Waals surface area contributed by atoms with Crippen molar-refractivity contribution in [3.63, 3.8) is 0 Å². The molecule has 0 fully saturated rings. The summed E-state index contributed by atoms with van der Waals surface area (Å²) in [5, 5.41) is 0.863. The Labute approximate surface area is 144 Å². The second kappa shape index (κ2) is 7.09. The van der Waals surface area contributed by atoms with E-state index in [0.29, 0.717) is 11.3 Å². The number of nitrogens with one attached hydrogen (secondary N) is 2. The molecule has 6 heteroatoms. The van der Waals surface area contributed by atoms with Gasteiger partial charge in [0.1, 0.15) is 11.3 Å². The highest BCUT2D eigenvalue weighted by atomic mass is 16.5. The molecule has 0 aliphatic heterocycles. The number of para-hydroxylation sites is 1. The molecule has 0 spiro atoms. The van der Waals surface area contributed by atoms with Crippen LogP contribution < -0.4 is 15.6 Å². The lowest BCUT2D eigenvalue weighted by atomic mass is 10.1. The molecule has 128 valence electrons. The van der Waals surface area contributed by atoms with Gasteiger partial charge in [0.25, 0.3) is 5.91 Å². The van der Waals surface area contributed by atoms with E-state index in [1.165, 1.54) is 0 Å². The summed E-state index contributed by atoms with van der Waals surface area (Å²) in [6, 6.07) is 14.7. The van der Waals surface area contributed by atoms with Gasteiger partial charge < -0.3 is 9.15 Å². The Morgan fingerprint density at radius 2 is 1.72 bits per heavy atom. The second-order valence-electron chi connectivity index (χ2n) is 5.66. The minimum absolute atomic E-state index is 0.168. The van der Waals surface area contributed by atoms with Gasteiger partial charge in [-0.1, -0.05) is 35.9 Å². The zero-order valence-electron chi connectivity index (χ0n) is 14.0. The first-order valence-corrected chi connectivity index (χ1v) is 7.81. The fourth-order valence-corrected chi connectivity index (χ4v) is 2.39. The highest BCUT2D eigenvalue weighted by Gasteiger charge is 2.17. The first-order valence-electron chi connectivity index (χ1n) is 7.81. The molecule has 3 rings (SSSR count). The number of carbonyl (C=O) groups is 2. The summed E-state index contributed by atoms with van der Waals surface area (Å²) in [4.78, 5) is 24.0. The number of aryl methyl sites for hydroxylation is 2. The highest BCUT2D eigenvalue weighted by molar-refractivity contribution is 5.99. The average Bonchev–Trinajstić information content (AvgIpc) is 2.96. The second-order valence-corrected chi connectivity index (χ2v) is 5.66. The number of amides is 2. The van der Waals surface area contributed by atoms with Crippen LogP contribution in [0.15, 0.2) is 52.9 Å². The minimum atomic E-state index is -0.516. The largest absolute Gasteiger partial charge is 0.484 e. The maximum Gasteiger partial charge on any atom is 0.305 e. The number of furan rings is 1. The summed E-state index contributed by atoms with van der Waals surface area (Å²) in [7, 11) is 0. The van der Waals surface area contributed by atoms with Crippen LogP contribution in [-0.2, 0) is 4.79 Å². The molecular formula is C19H18N2O4. The molecule has 0 bridgehead atoms. The van der Waals surface area contributed by atoms with Crippen molar-refractivity contribution in [2.24, 2.45) is 0 Å². The third-order valence-electron chi connectivity index (χ3n) is 3.76. The van der Waals surface area contributed by atoms with Crippen LogP contribution in [-0.4, -0.2) is 18.4 Å². The quantitative estimate of drug-likeness (QED) is 0.717. The van der Waals surface area contributed by atoms with Gasteiger partial charge in [0, 0.05) is 10.9 Å². The lowest BCUT2D eigenvalue weighted by Gasteiger charge is -2.08. The van der Waals surface area contributed by atoms with Gasteiger partial charge >= 0.3 is 5.91 Å². The number of hydrazine groups is 1. The molecular weight excluding hydrogens is 320 g/mol. The normalized spacial score (nSPS) is 10.5. The molecule has 25 heavy (non-hydrogen) atoms. The smallest absolute Gasteiger partial charge is 0.305 e. The van der Waals surface area contributed by atoms with Crippen molar-refractivity contribution in [1.29, 1.82) is 0 Å². The molecule has 1 heterocycles. The number of hydrogen-bond donors (Lipinski definition) is 2. The van der Waals surface area contributed by atoms with E-state index in [1.54, 1.807) is 25.1 Å². The zero-order chi connectivity index (χ0) is 17.8. The van der Waals surface area contributed by atoms with Gasteiger partial charge in [-0.2, -0.15) is 0 Å². The fraction of sp³-hybridized carbons (Fsp3) is 0.158. The van der Waals surface area contributed by atoms with Crippen LogP contribution >= 0.6 is 0 Å². The Morgan fingerprint density at radius 1 is 1.00 bits per heavy atom. The van der Waals surface area contributed by atoms with E-state index in [9.17, 15) is 9.59 Å². The number of carbonyl (C=O) groups excluding carboxylic acids is 2. The molecule has 0 saturated heterocycles. The van der Waals surface area contributed by atoms with E-state index in [2.05, 4.69) is 10.9 Å². The van der Waals surface area contributed by atoms with Crippen molar-refractivity contribution in [2.45, 2.75) is 13.8 Å². The Hall–Kier alpha value is -3.28. The Morgan fingerprint density at radius 3 is 2.44 bits per heavy atom. The van der Waals surface area contributed by atoms with E-state index >= 15 is 0 Å². The third-order valence-corrected chi connectivity index (χ3v) is 3.76. The molecule has 0 aliphatic rings. The zero-order valence-corrected chi connectivity index (χ0v) is 14.0. The van der Waals surface area contributed by atoms with Gasteiger partial charge in [0.05, 0.1) is 0 Å². The van der Waals surface area contributed by atoms with Crippen molar-refractivity contribution in [1.82, 2.24) is 10.9 Å². The van der Waals surface area contributed by atoms with Gasteiger partial charge in [-0.05, 0) is 32.0 Å². The van der Waals surface area contributed by atoms with Gasteiger partial charge in [-0.3, -0.25) is 20.4 Å². The van der Waals surface area contributed by atoms with Gasteiger partial charge in [0.15, 0.2) is 12.4 Å². The first kappa shape index (κ1) is 16.6. The molecule has 2 N–H and O–H groups in total. The molecule has 0 unspecified atom stereocenters. The Bertz CT molecular complexity index is 913. The predicted molar refractivity (Wildman–Crippen MR) is 93.2 cm³/mol. The molecule has 0 saturated carbocycles. The predicted octanol–water partition coefficient (Wildman–Crippen LogP) is 2.89. The molecule has 0 aliphatic carbocycles. The van der Waals surface area contributed by atoms with E-state index in [1.807, 2.05) is 37.3 Å². The summed E-state index contributed by atoms with van der Waals surface area (Å²) >= 11 is 0. The molecule has 0 radical (unpaired) electrons. The summed E-state index contributed by atoms with van der Waals surface area (Å²) in [6.07, 6.45) is 0. The number of ether oxygens (including phenoxy) is 1.